The van der Waals surface area contributed by atoms with E-state index in [9.17, 15) is 18.8 Å². The minimum Gasteiger partial charge on any atom is -0.369 e. The number of rotatable bonds is 9. The van der Waals surface area contributed by atoms with Crippen LogP contribution in [0.3, 0.4) is 0 Å². The molecule has 7 nitrogen and oxygen atoms in total. The maximum atomic E-state index is 13.5. The summed E-state index contributed by atoms with van der Waals surface area (Å²) in [6.45, 7) is 8.35. The second-order valence-corrected chi connectivity index (χ2v) is 10.7. The Morgan fingerprint density at radius 1 is 0.902 bits per heavy atom. The Balaban J connectivity index is 1.53. The van der Waals surface area contributed by atoms with E-state index in [1.807, 2.05) is 68.1 Å². The number of amides is 3. The highest BCUT2D eigenvalue weighted by Gasteiger charge is 2.27. The van der Waals surface area contributed by atoms with Gasteiger partial charge in [0.1, 0.15) is 5.82 Å². The van der Waals surface area contributed by atoms with Crippen molar-refractivity contribution in [3.63, 3.8) is 0 Å². The first-order valence-corrected chi connectivity index (χ1v) is 14.3. The zero-order chi connectivity index (χ0) is 29.4. The maximum absolute atomic E-state index is 13.5. The summed E-state index contributed by atoms with van der Waals surface area (Å²) in [4.78, 5) is 43.4. The van der Waals surface area contributed by atoms with Crippen LogP contribution >= 0.6 is 0 Å². The minimum atomic E-state index is -0.335. The highest BCUT2D eigenvalue weighted by molar-refractivity contribution is 6.02. The van der Waals surface area contributed by atoms with Crippen LogP contribution in [0.1, 0.15) is 61.0 Å². The third-order valence-corrected chi connectivity index (χ3v) is 7.46. The van der Waals surface area contributed by atoms with Crippen molar-refractivity contribution in [2.75, 3.05) is 36.4 Å². The highest BCUT2D eigenvalue weighted by atomic mass is 19.1. The average Bonchev–Trinajstić information content (AvgIpc) is 3.24. The summed E-state index contributed by atoms with van der Waals surface area (Å²) < 4.78 is 13.3. The van der Waals surface area contributed by atoms with Crippen molar-refractivity contribution < 1.29 is 18.8 Å². The van der Waals surface area contributed by atoms with Crippen molar-refractivity contribution in [3.05, 3.63) is 95.3 Å². The van der Waals surface area contributed by atoms with Gasteiger partial charge in [0.05, 0.1) is 11.5 Å². The van der Waals surface area contributed by atoms with Crippen molar-refractivity contribution in [2.45, 2.75) is 46.1 Å². The summed E-state index contributed by atoms with van der Waals surface area (Å²) in [5, 5.41) is 5.82. The van der Waals surface area contributed by atoms with Crippen LogP contribution in [0, 0.1) is 11.7 Å². The third-order valence-electron chi connectivity index (χ3n) is 7.46. The van der Waals surface area contributed by atoms with Crippen molar-refractivity contribution >= 4 is 29.1 Å². The number of carbonyl (C=O) groups is 3. The molecular formula is C33H39FN4O3. The summed E-state index contributed by atoms with van der Waals surface area (Å²) >= 11 is 0. The number of hydrogen-bond acceptors (Lipinski definition) is 4. The summed E-state index contributed by atoms with van der Waals surface area (Å²) in [6.07, 6.45) is 1.49. The molecule has 0 aromatic heterocycles. The molecule has 1 fully saturated rings. The van der Waals surface area contributed by atoms with Gasteiger partial charge >= 0.3 is 0 Å². The van der Waals surface area contributed by atoms with Crippen LogP contribution in [0.5, 0.6) is 0 Å². The van der Waals surface area contributed by atoms with Crippen molar-refractivity contribution in [1.82, 2.24) is 10.2 Å². The SMILES string of the molecule is CC[C@H](C(=O)N1CCCN(c2ccc(NC(=O)C(C)C)cc2C(=O)NCc2ccc(F)cc2)CC1)c1ccccc1. The van der Waals surface area contributed by atoms with Gasteiger partial charge in [-0.1, -0.05) is 63.2 Å². The molecule has 8 heteroatoms. The largest absolute Gasteiger partial charge is 0.369 e. The van der Waals surface area contributed by atoms with Gasteiger partial charge in [-0.2, -0.15) is 0 Å². The Labute approximate surface area is 241 Å². The van der Waals surface area contributed by atoms with Crippen LogP contribution in [-0.4, -0.2) is 48.8 Å². The molecule has 0 saturated carbocycles. The van der Waals surface area contributed by atoms with Crippen LogP contribution < -0.4 is 15.5 Å². The van der Waals surface area contributed by atoms with Gasteiger partial charge in [0, 0.05) is 50.0 Å². The standard InChI is InChI=1S/C33H39FN4O3/c1-4-28(25-9-6-5-7-10-25)33(41)38-18-8-17-37(19-20-38)30-16-15-27(36-31(39)23(2)3)21-29(30)32(40)35-22-24-11-13-26(34)14-12-24/h5-7,9-16,21,23,28H,4,8,17-20,22H2,1-3H3,(H,35,40)(H,36,39)/t28-/m0/s1. The first-order valence-electron chi connectivity index (χ1n) is 14.3. The fourth-order valence-electron chi connectivity index (χ4n) is 5.08. The molecule has 3 aromatic carbocycles. The zero-order valence-corrected chi connectivity index (χ0v) is 24.0. The van der Waals surface area contributed by atoms with Crippen LogP contribution in [0.25, 0.3) is 0 Å². The minimum absolute atomic E-state index is 0.129. The lowest BCUT2D eigenvalue weighted by molar-refractivity contribution is -0.132. The average molecular weight is 559 g/mol. The summed E-state index contributed by atoms with van der Waals surface area (Å²) in [5.74, 6) is -1.02. The number of hydrogen-bond donors (Lipinski definition) is 2. The molecule has 1 saturated heterocycles. The van der Waals surface area contributed by atoms with E-state index < -0.39 is 0 Å². The van der Waals surface area contributed by atoms with E-state index in [0.717, 1.165) is 29.7 Å². The first-order chi connectivity index (χ1) is 19.8. The topological polar surface area (TPSA) is 81.8 Å². The normalized spacial score (nSPS) is 14.4. The van der Waals surface area contributed by atoms with Crippen LogP contribution in [0.2, 0.25) is 0 Å². The molecule has 4 rings (SSSR count). The van der Waals surface area contributed by atoms with E-state index in [4.69, 9.17) is 0 Å². The van der Waals surface area contributed by atoms with E-state index in [1.54, 1.807) is 18.2 Å². The van der Waals surface area contributed by atoms with Crippen LogP contribution in [0.4, 0.5) is 15.8 Å². The molecule has 1 heterocycles. The van der Waals surface area contributed by atoms with Crippen LogP contribution in [-0.2, 0) is 16.1 Å². The van der Waals surface area contributed by atoms with Crippen LogP contribution in [0.15, 0.2) is 72.8 Å². The number of halogens is 1. The van der Waals surface area contributed by atoms with Crippen molar-refractivity contribution in [2.24, 2.45) is 5.92 Å². The first kappa shape index (κ1) is 29.8. The van der Waals surface area contributed by atoms with Gasteiger partial charge in [-0.05, 0) is 54.3 Å². The van der Waals surface area contributed by atoms with Gasteiger partial charge in [-0.15, -0.1) is 0 Å². The summed E-state index contributed by atoms with van der Waals surface area (Å²) in [5.41, 5.74) is 3.52. The molecule has 3 aromatic rings. The molecule has 0 unspecified atom stereocenters. The molecule has 41 heavy (non-hydrogen) atoms. The Bertz CT molecular complexity index is 1340. The number of benzene rings is 3. The molecule has 1 aliphatic heterocycles. The Morgan fingerprint density at radius 3 is 2.32 bits per heavy atom. The smallest absolute Gasteiger partial charge is 0.253 e. The van der Waals surface area contributed by atoms with Gasteiger partial charge in [-0.25, -0.2) is 4.39 Å². The predicted octanol–water partition coefficient (Wildman–Crippen LogP) is 5.58. The molecule has 0 radical (unpaired) electrons. The van der Waals surface area contributed by atoms with E-state index >= 15 is 0 Å². The molecule has 216 valence electrons. The van der Waals surface area contributed by atoms with Crippen molar-refractivity contribution in [1.29, 1.82) is 0 Å². The number of anilines is 2. The molecule has 0 spiro atoms. The number of nitrogens with one attached hydrogen (secondary N) is 2. The Kier molecular flexibility index (Phi) is 10.1. The van der Waals surface area contributed by atoms with E-state index in [-0.39, 0.29) is 41.9 Å². The molecule has 0 aliphatic carbocycles. The highest BCUT2D eigenvalue weighted by Crippen LogP contribution is 2.28. The van der Waals surface area contributed by atoms with E-state index in [1.165, 1.54) is 12.1 Å². The van der Waals surface area contributed by atoms with Gasteiger partial charge in [-0.3, -0.25) is 14.4 Å². The van der Waals surface area contributed by atoms with E-state index in [0.29, 0.717) is 37.4 Å². The lowest BCUT2D eigenvalue weighted by Gasteiger charge is -2.28. The van der Waals surface area contributed by atoms with Gasteiger partial charge in [0.15, 0.2) is 0 Å². The van der Waals surface area contributed by atoms with Gasteiger partial charge < -0.3 is 20.4 Å². The molecule has 2 N–H and O–H groups in total. The fourth-order valence-corrected chi connectivity index (χ4v) is 5.08. The van der Waals surface area contributed by atoms with E-state index in [2.05, 4.69) is 15.5 Å². The number of nitrogens with zero attached hydrogens (tertiary/aromatic N) is 2. The second kappa shape index (κ2) is 13.9. The zero-order valence-electron chi connectivity index (χ0n) is 24.0. The fraction of sp³-hybridized carbons (Fsp3) is 0.364. The van der Waals surface area contributed by atoms with Gasteiger partial charge in [0.2, 0.25) is 11.8 Å². The second-order valence-electron chi connectivity index (χ2n) is 10.7. The third kappa shape index (κ3) is 7.72. The number of carbonyl (C=O) groups excluding carboxylic acids is 3. The monoisotopic (exact) mass is 558 g/mol. The summed E-state index contributed by atoms with van der Waals surface area (Å²) in [6, 6.07) is 21.3. The lowest BCUT2D eigenvalue weighted by atomic mass is 9.95. The van der Waals surface area contributed by atoms with Crippen molar-refractivity contribution in [3.8, 4) is 0 Å². The maximum Gasteiger partial charge on any atom is 0.253 e. The predicted molar refractivity (Wildman–Crippen MR) is 160 cm³/mol. The van der Waals surface area contributed by atoms with Gasteiger partial charge in [0.25, 0.3) is 5.91 Å². The Morgan fingerprint density at radius 2 is 1.63 bits per heavy atom. The molecule has 1 aliphatic rings. The molecule has 0 bridgehead atoms. The molecular weight excluding hydrogens is 519 g/mol. The molecule has 3 amide bonds. The quantitative estimate of drug-likeness (QED) is 0.359. The molecule has 1 atom stereocenters. The Hall–Kier alpha value is -4.20. The summed E-state index contributed by atoms with van der Waals surface area (Å²) in [7, 11) is 0. The lowest BCUT2D eigenvalue weighted by Crippen LogP contribution is -2.38.